The minimum Gasteiger partial charge on any atom is -0.466 e. The van der Waals surface area contributed by atoms with Crippen molar-refractivity contribution in [3.63, 3.8) is 0 Å². The van der Waals surface area contributed by atoms with Crippen LogP contribution in [0.25, 0.3) is 0 Å². The summed E-state index contributed by atoms with van der Waals surface area (Å²) in [7, 11) is 0. The van der Waals surface area contributed by atoms with Crippen molar-refractivity contribution in [3.8, 4) is 0 Å². The minimum atomic E-state index is -0.682. The second-order valence-corrected chi connectivity index (χ2v) is 19.6. The summed E-state index contributed by atoms with van der Waals surface area (Å²) in [5, 5.41) is 23.3. The lowest BCUT2D eigenvalue weighted by molar-refractivity contribution is -0.143. The zero-order valence-corrected chi connectivity index (χ0v) is 42.6. The van der Waals surface area contributed by atoms with E-state index >= 15 is 0 Å². The number of allylic oxidation sites excluding steroid dienone is 2. The van der Waals surface area contributed by atoms with Crippen LogP contribution >= 0.6 is 0 Å². The van der Waals surface area contributed by atoms with E-state index in [1.165, 1.54) is 225 Å². The van der Waals surface area contributed by atoms with E-state index in [0.29, 0.717) is 25.9 Å². The lowest BCUT2D eigenvalue weighted by Gasteiger charge is -2.22. The second-order valence-electron chi connectivity index (χ2n) is 19.6. The average molecular weight is 891 g/mol. The van der Waals surface area contributed by atoms with Crippen molar-refractivity contribution in [3.05, 3.63) is 12.2 Å². The van der Waals surface area contributed by atoms with Gasteiger partial charge in [-0.1, -0.05) is 264 Å². The van der Waals surface area contributed by atoms with Gasteiger partial charge in [0.1, 0.15) is 0 Å². The standard InChI is InChI=1S/C57H111NO5/c1-3-5-7-9-11-13-15-17-18-19-20-21-22-23-24-25-26-27-29-30-33-37-41-45-49-55(60)54(53-59)58-56(61)50-46-42-38-34-32-36-40-44-48-52-63-57(62)51-47-43-39-35-31-28-16-14-12-10-8-6-4-2/h14,16,54-55,59-60H,3-13,15,17-53H2,1-2H3,(H,58,61)/b16-14-. The van der Waals surface area contributed by atoms with Crippen LogP contribution in [0.5, 0.6) is 0 Å². The summed E-state index contributed by atoms with van der Waals surface area (Å²) in [6.45, 7) is 4.89. The van der Waals surface area contributed by atoms with E-state index in [1.807, 2.05) is 0 Å². The largest absolute Gasteiger partial charge is 0.466 e. The van der Waals surface area contributed by atoms with Crippen LogP contribution in [0.2, 0.25) is 0 Å². The molecular formula is C57H111NO5. The number of aliphatic hydroxyl groups is 2. The van der Waals surface area contributed by atoms with E-state index in [4.69, 9.17) is 4.74 Å². The van der Waals surface area contributed by atoms with Gasteiger partial charge in [-0.15, -0.1) is 0 Å². The summed E-state index contributed by atoms with van der Waals surface area (Å²) >= 11 is 0. The van der Waals surface area contributed by atoms with Gasteiger partial charge in [-0.25, -0.2) is 0 Å². The van der Waals surface area contributed by atoms with Crippen LogP contribution in [0.3, 0.4) is 0 Å². The molecule has 0 aliphatic heterocycles. The summed E-state index contributed by atoms with van der Waals surface area (Å²) < 4.78 is 5.44. The first-order valence-electron chi connectivity index (χ1n) is 28.4. The first-order valence-corrected chi connectivity index (χ1v) is 28.4. The van der Waals surface area contributed by atoms with Crippen molar-refractivity contribution >= 4 is 11.9 Å². The third-order valence-corrected chi connectivity index (χ3v) is 13.3. The van der Waals surface area contributed by atoms with Crippen LogP contribution in [0.15, 0.2) is 12.2 Å². The Labute approximate surface area is 393 Å². The molecule has 374 valence electrons. The molecule has 0 aromatic carbocycles. The molecule has 0 aromatic heterocycles. The zero-order chi connectivity index (χ0) is 45.8. The lowest BCUT2D eigenvalue weighted by Crippen LogP contribution is -2.45. The van der Waals surface area contributed by atoms with E-state index < -0.39 is 12.1 Å². The molecule has 0 aliphatic rings. The van der Waals surface area contributed by atoms with Crippen LogP contribution in [-0.2, 0) is 14.3 Å². The van der Waals surface area contributed by atoms with Gasteiger partial charge >= 0.3 is 5.97 Å². The lowest BCUT2D eigenvalue weighted by atomic mass is 10.0. The second kappa shape index (κ2) is 53.2. The highest BCUT2D eigenvalue weighted by Gasteiger charge is 2.20. The van der Waals surface area contributed by atoms with Gasteiger partial charge in [0.15, 0.2) is 0 Å². The van der Waals surface area contributed by atoms with Crippen molar-refractivity contribution in [1.82, 2.24) is 5.32 Å². The maximum Gasteiger partial charge on any atom is 0.305 e. The normalized spacial score (nSPS) is 12.6. The quantitative estimate of drug-likeness (QED) is 0.0321. The molecule has 1 amide bonds. The highest BCUT2D eigenvalue weighted by molar-refractivity contribution is 5.76. The number of amides is 1. The summed E-state index contributed by atoms with van der Waals surface area (Å²) in [5.74, 6) is -0.0926. The molecule has 0 heterocycles. The molecule has 0 aliphatic carbocycles. The number of carbonyl (C=O) groups is 2. The Morgan fingerprint density at radius 2 is 0.746 bits per heavy atom. The maximum atomic E-state index is 12.5. The van der Waals surface area contributed by atoms with Crippen LogP contribution < -0.4 is 5.32 Å². The van der Waals surface area contributed by atoms with Crippen LogP contribution in [0.4, 0.5) is 0 Å². The number of aliphatic hydroxyl groups excluding tert-OH is 2. The number of esters is 1. The summed E-state index contributed by atoms with van der Waals surface area (Å²) in [6, 6.07) is -0.562. The number of unbranched alkanes of at least 4 members (excludes halogenated alkanes) is 40. The molecule has 63 heavy (non-hydrogen) atoms. The Bertz CT molecular complexity index is 939. The third-order valence-electron chi connectivity index (χ3n) is 13.3. The van der Waals surface area contributed by atoms with Crippen molar-refractivity contribution in [2.24, 2.45) is 0 Å². The SMILES string of the molecule is CCCCCC/C=C\CCCCCCCC(=O)OCCCCCCCCCCCC(=O)NC(CO)C(O)CCCCCCCCCCCCCCCCCCCCCCCCCC. The molecule has 0 rings (SSSR count). The maximum absolute atomic E-state index is 12.5. The first kappa shape index (κ1) is 61.6. The Morgan fingerprint density at radius 3 is 1.14 bits per heavy atom. The predicted molar refractivity (Wildman–Crippen MR) is 273 cm³/mol. The van der Waals surface area contributed by atoms with Crippen LogP contribution in [0, 0.1) is 0 Å². The molecule has 6 heteroatoms. The molecule has 2 atom stereocenters. The molecule has 0 saturated carbocycles. The Morgan fingerprint density at radius 1 is 0.429 bits per heavy atom. The van der Waals surface area contributed by atoms with Gasteiger partial charge < -0.3 is 20.3 Å². The Hall–Kier alpha value is -1.40. The number of hydrogen-bond acceptors (Lipinski definition) is 5. The molecule has 6 nitrogen and oxygen atoms in total. The smallest absolute Gasteiger partial charge is 0.305 e. The minimum absolute atomic E-state index is 0.0330. The molecular weight excluding hydrogens is 779 g/mol. The molecule has 3 N–H and O–H groups in total. The first-order chi connectivity index (χ1) is 31.0. The highest BCUT2D eigenvalue weighted by atomic mass is 16.5. The highest BCUT2D eigenvalue weighted by Crippen LogP contribution is 2.17. The van der Waals surface area contributed by atoms with Crippen LogP contribution in [-0.4, -0.2) is 47.4 Å². The molecule has 0 spiro atoms. The van der Waals surface area contributed by atoms with Gasteiger partial charge in [-0.3, -0.25) is 9.59 Å². The third kappa shape index (κ3) is 49.9. The molecule has 0 bridgehead atoms. The average Bonchev–Trinajstić information content (AvgIpc) is 3.28. The Kier molecular flexibility index (Phi) is 52.0. The van der Waals surface area contributed by atoms with Crippen molar-refractivity contribution < 1.29 is 24.5 Å². The molecule has 2 unspecified atom stereocenters. The molecule has 0 aromatic rings. The van der Waals surface area contributed by atoms with Crippen LogP contribution in [0.1, 0.15) is 316 Å². The van der Waals surface area contributed by atoms with Gasteiger partial charge in [0.25, 0.3) is 0 Å². The number of rotatable bonds is 53. The van der Waals surface area contributed by atoms with Gasteiger partial charge in [-0.2, -0.15) is 0 Å². The van der Waals surface area contributed by atoms with E-state index in [0.717, 1.165) is 57.8 Å². The fourth-order valence-electron chi connectivity index (χ4n) is 8.93. The van der Waals surface area contributed by atoms with Gasteiger partial charge in [0.05, 0.1) is 25.4 Å². The summed E-state index contributed by atoms with van der Waals surface area (Å²) in [5.41, 5.74) is 0. The number of carbonyl (C=O) groups excluding carboxylic acids is 2. The van der Waals surface area contributed by atoms with Crippen molar-refractivity contribution in [2.75, 3.05) is 13.2 Å². The monoisotopic (exact) mass is 890 g/mol. The van der Waals surface area contributed by atoms with E-state index in [-0.39, 0.29) is 18.5 Å². The van der Waals surface area contributed by atoms with Crippen molar-refractivity contribution in [2.45, 2.75) is 328 Å². The van der Waals surface area contributed by atoms with Gasteiger partial charge in [0, 0.05) is 12.8 Å². The summed E-state index contributed by atoms with van der Waals surface area (Å²) in [6.07, 6.45) is 62.0. The number of hydrogen-bond donors (Lipinski definition) is 3. The zero-order valence-electron chi connectivity index (χ0n) is 42.6. The van der Waals surface area contributed by atoms with Crippen molar-refractivity contribution in [1.29, 1.82) is 0 Å². The fraction of sp³-hybridized carbons (Fsp3) is 0.930. The fourth-order valence-corrected chi connectivity index (χ4v) is 8.93. The number of ether oxygens (including phenoxy) is 1. The van der Waals surface area contributed by atoms with Gasteiger partial charge in [0.2, 0.25) is 5.91 Å². The van der Waals surface area contributed by atoms with E-state index in [9.17, 15) is 19.8 Å². The van der Waals surface area contributed by atoms with E-state index in [2.05, 4.69) is 31.3 Å². The molecule has 0 radical (unpaired) electrons. The van der Waals surface area contributed by atoms with E-state index in [1.54, 1.807) is 0 Å². The number of nitrogens with one attached hydrogen (secondary N) is 1. The predicted octanol–water partition coefficient (Wildman–Crippen LogP) is 17.3. The topological polar surface area (TPSA) is 95.9 Å². The van der Waals surface area contributed by atoms with Gasteiger partial charge in [-0.05, 0) is 51.4 Å². The summed E-state index contributed by atoms with van der Waals surface area (Å²) in [4.78, 5) is 24.5. The molecule has 0 fully saturated rings. The Balaban J connectivity index is 3.47. The molecule has 0 saturated heterocycles.